The molecule has 0 aliphatic carbocycles. The molecule has 1 heterocycles. The van der Waals surface area contributed by atoms with E-state index in [-0.39, 0.29) is 15.4 Å². The largest absolute Gasteiger partial charge is 0.342 e. The van der Waals surface area contributed by atoms with Gasteiger partial charge in [-0.25, -0.2) is 13.4 Å². The molecule has 3 rings (SSSR count). The highest BCUT2D eigenvalue weighted by Crippen LogP contribution is 2.23. The average Bonchev–Trinajstić information content (AvgIpc) is 2.54. The maximum Gasteiger partial charge on any atom is 0.265 e. The molecule has 0 spiro atoms. The molecule has 0 unspecified atom stereocenters. The third kappa shape index (κ3) is 2.95. The third-order valence-corrected chi connectivity index (χ3v) is 5.65. The number of para-hydroxylation sites is 2. The Balaban J connectivity index is 2.12. The molecule has 1 aromatic heterocycles. The van der Waals surface area contributed by atoms with E-state index in [0.717, 1.165) is 9.82 Å². The Morgan fingerprint density at radius 2 is 1.78 bits per heavy atom. The van der Waals surface area contributed by atoms with E-state index >= 15 is 0 Å². The van der Waals surface area contributed by atoms with E-state index in [9.17, 15) is 8.42 Å². The van der Waals surface area contributed by atoms with Crippen molar-refractivity contribution in [2.45, 2.75) is 4.90 Å². The van der Waals surface area contributed by atoms with Crippen molar-refractivity contribution in [2.75, 3.05) is 11.4 Å². The van der Waals surface area contributed by atoms with Gasteiger partial charge in [-0.2, -0.15) is 0 Å². The van der Waals surface area contributed by atoms with Gasteiger partial charge >= 0.3 is 0 Å². The van der Waals surface area contributed by atoms with Crippen molar-refractivity contribution in [1.29, 1.82) is 0 Å². The maximum atomic E-state index is 12.7. The predicted molar refractivity (Wildman–Crippen MR) is 94.0 cm³/mol. The molecule has 1 N–H and O–H groups in total. The van der Waals surface area contributed by atoms with Crippen molar-refractivity contribution >= 4 is 50.7 Å². The van der Waals surface area contributed by atoms with Crippen molar-refractivity contribution in [3.8, 4) is 0 Å². The van der Waals surface area contributed by atoms with Crippen molar-refractivity contribution in [2.24, 2.45) is 0 Å². The number of hydrogen-bond donors (Lipinski definition) is 1. The summed E-state index contributed by atoms with van der Waals surface area (Å²) >= 11 is 11.1. The van der Waals surface area contributed by atoms with Crippen molar-refractivity contribution in [1.82, 2.24) is 9.97 Å². The zero-order valence-electron chi connectivity index (χ0n) is 12.0. The summed E-state index contributed by atoms with van der Waals surface area (Å²) in [5.74, 6) is 0.175. The summed E-state index contributed by atoms with van der Waals surface area (Å²) in [5.41, 5.74) is 1.38. The van der Waals surface area contributed by atoms with Gasteiger partial charge in [-0.1, -0.05) is 36.0 Å². The van der Waals surface area contributed by atoms with Gasteiger partial charge in [-0.15, -0.1) is 0 Å². The van der Waals surface area contributed by atoms with Gasteiger partial charge in [0, 0.05) is 12.1 Å². The first-order valence-electron chi connectivity index (χ1n) is 6.63. The smallest absolute Gasteiger partial charge is 0.265 e. The normalized spacial score (nSPS) is 11.6. The minimum atomic E-state index is -3.77. The fraction of sp³-hybridized carbons (Fsp3) is 0.0667. The van der Waals surface area contributed by atoms with Crippen LogP contribution in [-0.2, 0) is 10.0 Å². The second-order valence-corrected chi connectivity index (χ2v) is 7.65. The molecule has 2 aromatic carbocycles. The third-order valence-electron chi connectivity index (χ3n) is 3.35. The zero-order chi connectivity index (χ0) is 16.6. The summed E-state index contributed by atoms with van der Waals surface area (Å²) in [6.45, 7) is 0. The quantitative estimate of drug-likeness (QED) is 0.717. The molecule has 118 valence electrons. The van der Waals surface area contributed by atoms with Crippen LogP contribution >= 0.6 is 23.8 Å². The van der Waals surface area contributed by atoms with Gasteiger partial charge in [-0.05, 0) is 36.4 Å². The average molecular weight is 366 g/mol. The Morgan fingerprint density at radius 3 is 2.48 bits per heavy atom. The van der Waals surface area contributed by atoms with Gasteiger partial charge < -0.3 is 4.98 Å². The van der Waals surface area contributed by atoms with E-state index in [4.69, 9.17) is 23.8 Å². The van der Waals surface area contributed by atoms with Crippen LogP contribution in [-0.4, -0.2) is 25.4 Å². The second-order valence-electron chi connectivity index (χ2n) is 4.83. The Morgan fingerprint density at radius 1 is 1.13 bits per heavy atom. The van der Waals surface area contributed by atoms with E-state index in [1.54, 1.807) is 6.07 Å². The topological polar surface area (TPSA) is 66.1 Å². The predicted octanol–water partition coefficient (Wildman–Crippen LogP) is 3.77. The van der Waals surface area contributed by atoms with Crippen LogP contribution in [0.1, 0.15) is 0 Å². The lowest BCUT2D eigenvalue weighted by molar-refractivity contribution is 0.594. The molecule has 0 radical (unpaired) electrons. The van der Waals surface area contributed by atoms with Crippen LogP contribution in [0.4, 0.5) is 5.82 Å². The molecule has 0 amide bonds. The molecule has 8 heteroatoms. The fourth-order valence-corrected chi connectivity index (χ4v) is 3.74. The molecule has 0 aliphatic rings. The van der Waals surface area contributed by atoms with Gasteiger partial charge in [0.2, 0.25) is 0 Å². The molecule has 0 aliphatic heterocycles. The Hall–Kier alpha value is -1.96. The molecule has 0 fully saturated rings. The van der Waals surface area contributed by atoms with E-state index in [0.29, 0.717) is 10.5 Å². The van der Waals surface area contributed by atoms with Crippen LogP contribution in [0, 0.1) is 4.64 Å². The van der Waals surface area contributed by atoms with E-state index < -0.39 is 10.0 Å². The Kier molecular flexibility index (Phi) is 4.09. The molecule has 0 bridgehead atoms. The van der Waals surface area contributed by atoms with Gasteiger partial charge in [0.25, 0.3) is 10.0 Å². The number of aromatic nitrogens is 2. The highest BCUT2D eigenvalue weighted by molar-refractivity contribution is 7.92. The number of halogens is 1. The zero-order valence-corrected chi connectivity index (χ0v) is 14.4. The standard InChI is InChI=1S/C15H12ClN3O2S2/c1-19(23(20,21)11-8-6-10(16)7-9-11)14-15(22)18-13-5-3-2-4-12(13)17-14/h2-9H,1H3,(H,18,22). The summed E-state index contributed by atoms with van der Waals surface area (Å²) in [6.07, 6.45) is 0. The number of anilines is 1. The van der Waals surface area contributed by atoms with Gasteiger partial charge in [0.1, 0.15) is 4.64 Å². The SMILES string of the molecule is CN(c1nc2ccccc2[nH]c1=S)S(=O)(=O)c1ccc(Cl)cc1. The van der Waals surface area contributed by atoms with Crippen LogP contribution in [0.2, 0.25) is 5.02 Å². The van der Waals surface area contributed by atoms with Crippen LogP contribution in [0.25, 0.3) is 11.0 Å². The molecule has 23 heavy (non-hydrogen) atoms. The van der Waals surface area contributed by atoms with Gasteiger partial charge in [-0.3, -0.25) is 4.31 Å². The molecule has 0 atom stereocenters. The number of H-pyrrole nitrogens is 1. The number of benzene rings is 2. The van der Waals surface area contributed by atoms with Crippen LogP contribution in [0.5, 0.6) is 0 Å². The monoisotopic (exact) mass is 365 g/mol. The number of aromatic amines is 1. The molecule has 5 nitrogen and oxygen atoms in total. The highest BCUT2D eigenvalue weighted by atomic mass is 35.5. The lowest BCUT2D eigenvalue weighted by atomic mass is 10.3. The number of hydrogen-bond acceptors (Lipinski definition) is 4. The van der Waals surface area contributed by atoms with Gasteiger partial charge in [0.15, 0.2) is 5.82 Å². The van der Waals surface area contributed by atoms with Crippen LogP contribution in [0.3, 0.4) is 0 Å². The molecule has 3 aromatic rings. The first kappa shape index (κ1) is 15.9. The van der Waals surface area contributed by atoms with Crippen molar-refractivity contribution in [3.05, 3.63) is 58.2 Å². The first-order valence-corrected chi connectivity index (χ1v) is 8.86. The Bertz CT molecular complexity index is 1030. The first-order chi connectivity index (χ1) is 10.9. The number of nitrogens with one attached hydrogen (secondary N) is 1. The molecule has 0 saturated heterocycles. The lowest BCUT2D eigenvalue weighted by Crippen LogP contribution is -2.28. The molecule has 0 saturated carbocycles. The number of sulfonamides is 1. The van der Waals surface area contributed by atoms with E-state index in [2.05, 4.69) is 9.97 Å². The number of fused-ring (bicyclic) bond motifs is 1. The van der Waals surface area contributed by atoms with Crippen molar-refractivity contribution in [3.63, 3.8) is 0 Å². The highest BCUT2D eigenvalue weighted by Gasteiger charge is 2.23. The summed E-state index contributed by atoms with van der Waals surface area (Å²) in [6, 6.07) is 13.2. The maximum absolute atomic E-state index is 12.7. The number of rotatable bonds is 3. The summed E-state index contributed by atoms with van der Waals surface area (Å²) in [5, 5.41) is 0.465. The molecular weight excluding hydrogens is 354 g/mol. The fourth-order valence-electron chi connectivity index (χ4n) is 2.11. The van der Waals surface area contributed by atoms with E-state index in [1.165, 1.54) is 31.3 Å². The summed E-state index contributed by atoms with van der Waals surface area (Å²) in [7, 11) is -2.35. The van der Waals surface area contributed by atoms with E-state index in [1.807, 2.05) is 18.2 Å². The van der Waals surface area contributed by atoms with Gasteiger partial charge in [0.05, 0.1) is 15.9 Å². The minimum absolute atomic E-state index is 0.119. The minimum Gasteiger partial charge on any atom is -0.342 e. The van der Waals surface area contributed by atoms with Crippen molar-refractivity contribution < 1.29 is 8.42 Å². The van der Waals surface area contributed by atoms with Crippen LogP contribution in [0.15, 0.2) is 53.4 Å². The summed E-state index contributed by atoms with van der Waals surface area (Å²) < 4.78 is 26.8. The number of nitrogens with zero attached hydrogens (tertiary/aromatic N) is 2. The molecular formula is C15H12ClN3O2S2. The Labute approximate surface area is 143 Å². The second kappa shape index (κ2) is 5.92. The summed E-state index contributed by atoms with van der Waals surface area (Å²) in [4.78, 5) is 7.49. The lowest BCUT2D eigenvalue weighted by Gasteiger charge is -2.18. The van der Waals surface area contributed by atoms with Crippen LogP contribution < -0.4 is 4.31 Å².